The van der Waals surface area contributed by atoms with Crippen molar-refractivity contribution in [1.29, 1.82) is 0 Å². The Balaban J connectivity index is 1.71. The first-order chi connectivity index (χ1) is 16.0. The van der Waals surface area contributed by atoms with Crippen molar-refractivity contribution in [2.24, 2.45) is 0 Å². The maximum atomic E-state index is 13.1. The molecule has 3 rings (SSSR count). The average molecular weight is 454 g/mol. The van der Waals surface area contributed by atoms with Crippen LogP contribution in [-0.2, 0) is 0 Å². The lowest BCUT2D eigenvalue weighted by Crippen LogP contribution is -2.35. The predicted octanol–water partition coefficient (Wildman–Crippen LogP) is 4.01. The molecule has 2 aromatic carbocycles. The quantitative estimate of drug-likeness (QED) is 0.506. The van der Waals surface area contributed by atoms with Gasteiger partial charge in [-0.05, 0) is 56.3 Å². The maximum absolute atomic E-state index is 13.1. The van der Waals surface area contributed by atoms with E-state index in [4.69, 9.17) is 4.74 Å². The summed E-state index contributed by atoms with van der Waals surface area (Å²) in [5.41, 5.74) is 2.67. The van der Waals surface area contributed by atoms with E-state index in [0.717, 1.165) is 51.3 Å². The average Bonchev–Trinajstić information content (AvgIpc) is 3.36. The van der Waals surface area contributed by atoms with Gasteiger partial charge < -0.3 is 30.5 Å². The second kappa shape index (κ2) is 12.1. The van der Waals surface area contributed by atoms with Crippen molar-refractivity contribution in [2.75, 3.05) is 61.9 Å². The number of hydrogen-bond donors (Lipinski definition) is 3. The number of likely N-dealkylation sites (N-methyl/N-ethyl adjacent to an activating group) is 1. The summed E-state index contributed by atoms with van der Waals surface area (Å²) in [5.74, 6) is 0.535. The minimum absolute atomic E-state index is 0.124. The number of ether oxygens (including phenoxy) is 1. The van der Waals surface area contributed by atoms with Crippen molar-refractivity contribution in [2.45, 2.75) is 26.7 Å². The largest absolute Gasteiger partial charge is 0.497 e. The van der Waals surface area contributed by atoms with Crippen molar-refractivity contribution in [3.8, 4) is 5.75 Å². The highest BCUT2D eigenvalue weighted by molar-refractivity contribution is 6.04. The number of amides is 3. The molecule has 1 heterocycles. The lowest BCUT2D eigenvalue weighted by atomic mass is 10.1. The first-order valence-electron chi connectivity index (χ1n) is 11.7. The molecular formula is C25H35N5O3. The van der Waals surface area contributed by atoms with Crippen LogP contribution in [0.15, 0.2) is 42.5 Å². The van der Waals surface area contributed by atoms with Crippen LogP contribution in [0.4, 0.5) is 21.9 Å². The highest BCUT2D eigenvalue weighted by Gasteiger charge is 2.20. The van der Waals surface area contributed by atoms with Crippen LogP contribution in [0.3, 0.4) is 0 Å². The SMILES string of the molecule is CCN(CC)CCNC(=O)c1cc(NC(=O)Nc2cccc(OC)c2)ccc1N1CCCC1. The molecule has 0 aromatic heterocycles. The Bertz CT molecular complexity index is 939. The molecule has 0 unspecified atom stereocenters. The van der Waals surface area contributed by atoms with E-state index >= 15 is 0 Å². The van der Waals surface area contributed by atoms with Gasteiger partial charge in [0.25, 0.3) is 5.91 Å². The van der Waals surface area contributed by atoms with E-state index in [2.05, 4.69) is 39.6 Å². The molecule has 0 spiro atoms. The standard InChI is InChI=1S/C25H35N5O3/c1-4-29(5-2)16-13-26-24(31)22-18-20(11-12-23(22)30-14-6-7-15-30)28-25(32)27-19-9-8-10-21(17-19)33-3/h8-12,17-18H,4-7,13-16H2,1-3H3,(H,26,31)(H2,27,28,32). The number of carbonyl (C=O) groups is 2. The Morgan fingerprint density at radius 1 is 1.00 bits per heavy atom. The number of nitrogens with zero attached hydrogens (tertiary/aromatic N) is 2. The molecule has 3 amide bonds. The highest BCUT2D eigenvalue weighted by atomic mass is 16.5. The molecule has 3 N–H and O–H groups in total. The van der Waals surface area contributed by atoms with E-state index in [1.54, 1.807) is 31.4 Å². The zero-order chi connectivity index (χ0) is 23.6. The fraction of sp³-hybridized carbons (Fsp3) is 0.440. The number of anilines is 3. The van der Waals surface area contributed by atoms with Crippen molar-refractivity contribution in [1.82, 2.24) is 10.2 Å². The molecule has 1 aliphatic heterocycles. The lowest BCUT2D eigenvalue weighted by molar-refractivity contribution is 0.0949. The Kier molecular flexibility index (Phi) is 8.95. The summed E-state index contributed by atoms with van der Waals surface area (Å²) < 4.78 is 5.20. The molecule has 0 aliphatic carbocycles. The summed E-state index contributed by atoms with van der Waals surface area (Å²) in [5, 5.41) is 8.68. The zero-order valence-electron chi connectivity index (χ0n) is 19.8. The summed E-state index contributed by atoms with van der Waals surface area (Å²) in [7, 11) is 1.58. The number of methoxy groups -OCH3 is 1. The third-order valence-electron chi connectivity index (χ3n) is 5.88. The molecule has 0 radical (unpaired) electrons. The minimum Gasteiger partial charge on any atom is -0.497 e. The van der Waals surface area contributed by atoms with Gasteiger partial charge in [0.1, 0.15) is 5.75 Å². The third-order valence-corrected chi connectivity index (χ3v) is 5.88. The van der Waals surface area contributed by atoms with Crippen LogP contribution in [0.5, 0.6) is 5.75 Å². The predicted molar refractivity (Wildman–Crippen MR) is 134 cm³/mol. The van der Waals surface area contributed by atoms with Crippen LogP contribution in [0.1, 0.15) is 37.0 Å². The number of benzene rings is 2. The van der Waals surface area contributed by atoms with Crippen molar-refractivity contribution >= 4 is 29.0 Å². The van der Waals surface area contributed by atoms with Crippen LogP contribution in [0, 0.1) is 0 Å². The van der Waals surface area contributed by atoms with Gasteiger partial charge in [-0.25, -0.2) is 4.79 Å². The number of carbonyl (C=O) groups excluding carboxylic acids is 2. The summed E-state index contributed by atoms with van der Waals surface area (Å²) in [6.07, 6.45) is 2.23. The van der Waals surface area contributed by atoms with Gasteiger partial charge in [-0.1, -0.05) is 19.9 Å². The maximum Gasteiger partial charge on any atom is 0.323 e. The third kappa shape index (κ3) is 6.86. The fourth-order valence-corrected chi connectivity index (χ4v) is 3.99. The van der Waals surface area contributed by atoms with Crippen molar-refractivity contribution < 1.29 is 14.3 Å². The van der Waals surface area contributed by atoms with E-state index in [0.29, 0.717) is 29.2 Å². The molecule has 0 bridgehead atoms. The van der Waals surface area contributed by atoms with E-state index in [-0.39, 0.29) is 11.9 Å². The molecular weight excluding hydrogens is 418 g/mol. The van der Waals surface area contributed by atoms with Gasteiger partial charge in [0, 0.05) is 49.3 Å². The van der Waals surface area contributed by atoms with Gasteiger partial charge in [0.15, 0.2) is 0 Å². The molecule has 0 atom stereocenters. The number of rotatable bonds is 10. The molecule has 2 aromatic rings. The van der Waals surface area contributed by atoms with E-state index in [1.165, 1.54) is 0 Å². The Morgan fingerprint density at radius 2 is 1.70 bits per heavy atom. The second-order valence-electron chi connectivity index (χ2n) is 8.02. The smallest absolute Gasteiger partial charge is 0.323 e. The fourth-order valence-electron chi connectivity index (χ4n) is 3.99. The number of nitrogens with one attached hydrogen (secondary N) is 3. The van der Waals surface area contributed by atoms with Crippen molar-refractivity contribution in [3.05, 3.63) is 48.0 Å². The topological polar surface area (TPSA) is 85.9 Å². The first kappa shape index (κ1) is 24.4. The van der Waals surface area contributed by atoms with Gasteiger partial charge in [-0.2, -0.15) is 0 Å². The van der Waals surface area contributed by atoms with Gasteiger partial charge >= 0.3 is 6.03 Å². The van der Waals surface area contributed by atoms with Crippen LogP contribution >= 0.6 is 0 Å². The van der Waals surface area contributed by atoms with Crippen LogP contribution in [0.2, 0.25) is 0 Å². The van der Waals surface area contributed by atoms with E-state index < -0.39 is 0 Å². The first-order valence-corrected chi connectivity index (χ1v) is 11.7. The number of hydrogen-bond acceptors (Lipinski definition) is 5. The molecule has 8 heteroatoms. The minimum atomic E-state index is -0.384. The Labute approximate surface area is 196 Å². The lowest BCUT2D eigenvalue weighted by Gasteiger charge is -2.23. The second-order valence-corrected chi connectivity index (χ2v) is 8.02. The Hall–Kier alpha value is -3.26. The van der Waals surface area contributed by atoms with E-state index in [9.17, 15) is 9.59 Å². The molecule has 0 saturated carbocycles. The van der Waals surface area contributed by atoms with Gasteiger partial charge in [-0.15, -0.1) is 0 Å². The molecule has 33 heavy (non-hydrogen) atoms. The van der Waals surface area contributed by atoms with Gasteiger partial charge in [0.2, 0.25) is 0 Å². The van der Waals surface area contributed by atoms with Crippen LogP contribution in [-0.4, -0.2) is 63.2 Å². The molecule has 178 valence electrons. The summed E-state index contributed by atoms with van der Waals surface area (Å²) in [6, 6.07) is 12.3. The van der Waals surface area contributed by atoms with Gasteiger partial charge in [-0.3, -0.25) is 4.79 Å². The number of urea groups is 1. The monoisotopic (exact) mass is 453 g/mol. The van der Waals surface area contributed by atoms with Crippen LogP contribution in [0.25, 0.3) is 0 Å². The van der Waals surface area contributed by atoms with Gasteiger partial charge in [0.05, 0.1) is 12.7 Å². The van der Waals surface area contributed by atoms with Crippen LogP contribution < -0.4 is 25.6 Å². The molecule has 8 nitrogen and oxygen atoms in total. The molecule has 1 saturated heterocycles. The molecule has 1 aliphatic rings. The normalized spacial score (nSPS) is 13.2. The van der Waals surface area contributed by atoms with Crippen molar-refractivity contribution in [3.63, 3.8) is 0 Å². The summed E-state index contributed by atoms with van der Waals surface area (Å²) >= 11 is 0. The molecule has 1 fully saturated rings. The summed E-state index contributed by atoms with van der Waals surface area (Å²) in [6.45, 7) is 9.38. The summed E-state index contributed by atoms with van der Waals surface area (Å²) in [4.78, 5) is 30.1. The highest BCUT2D eigenvalue weighted by Crippen LogP contribution is 2.28. The zero-order valence-corrected chi connectivity index (χ0v) is 19.8. The van der Waals surface area contributed by atoms with E-state index in [1.807, 2.05) is 18.2 Å². The Morgan fingerprint density at radius 3 is 2.36 bits per heavy atom.